The number of hydrogen-bond donors (Lipinski definition) is 0. The van der Waals surface area contributed by atoms with Crippen LogP contribution in [-0.4, -0.2) is 4.98 Å². The highest BCUT2D eigenvalue weighted by Gasteiger charge is 2.10. The Morgan fingerprint density at radius 2 is 1.94 bits per heavy atom. The lowest BCUT2D eigenvalue weighted by Crippen LogP contribution is -1.84. The van der Waals surface area contributed by atoms with Crippen LogP contribution in [0.3, 0.4) is 0 Å². The van der Waals surface area contributed by atoms with Crippen LogP contribution >= 0.6 is 27.3 Å². The van der Waals surface area contributed by atoms with Crippen molar-refractivity contribution in [1.29, 1.82) is 0 Å². The topological polar surface area (TPSA) is 12.9 Å². The van der Waals surface area contributed by atoms with E-state index in [4.69, 9.17) is 0 Å². The van der Waals surface area contributed by atoms with Gasteiger partial charge in [-0.2, -0.15) is 0 Å². The third-order valence-electron chi connectivity index (χ3n) is 2.43. The zero-order valence-electron chi connectivity index (χ0n) is 11.2. The molecule has 0 saturated carbocycles. The molecule has 0 saturated heterocycles. The first-order valence-corrected chi connectivity index (χ1v) is 7.81. The van der Waals surface area contributed by atoms with E-state index < -0.39 is 0 Å². The molecule has 3 heteroatoms. The second-order valence-electron chi connectivity index (χ2n) is 3.98. The molecule has 1 aromatic carbocycles. The second kappa shape index (κ2) is 6.50. The van der Waals surface area contributed by atoms with Gasteiger partial charge in [0, 0.05) is 10.4 Å². The standard InChI is InChI=1S/C12H14BrNS.C2H6/c1-4-8-5-9(13)11-10(6-8)15-12(14-11)7(2)3;1-2/h5-7H,4H2,1-3H3;1-2H3. The molecule has 1 aromatic heterocycles. The van der Waals surface area contributed by atoms with Crippen LogP contribution in [0, 0.1) is 0 Å². The van der Waals surface area contributed by atoms with E-state index in [2.05, 4.69) is 53.8 Å². The molecule has 0 fully saturated rings. The summed E-state index contributed by atoms with van der Waals surface area (Å²) in [7, 11) is 0. The lowest BCUT2D eigenvalue weighted by atomic mass is 10.2. The van der Waals surface area contributed by atoms with Gasteiger partial charge < -0.3 is 0 Å². The van der Waals surface area contributed by atoms with E-state index in [9.17, 15) is 0 Å². The number of thiazole rings is 1. The second-order valence-corrected chi connectivity index (χ2v) is 5.90. The first-order chi connectivity index (χ1) is 8.11. The summed E-state index contributed by atoms with van der Waals surface area (Å²) >= 11 is 5.40. The van der Waals surface area contributed by atoms with E-state index in [1.165, 1.54) is 15.3 Å². The molecule has 0 radical (unpaired) electrons. The molecule has 2 aromatic rings. The molecule has 0 spiro atoms. The predicted octanol–water partition coefficient (Wildman–Crippen LogP) is 5.77. The van der Waals surface area contributed by atoms with E-state index in [1.807, 2.05) is 25.2 Å². The Labute approximate surface area is 116 Å². The molecule has 1 nitrogen and oxygen atoms in total. The minimum Gasteiger partial charge on any atom is -0.240 e. The molecular formula is C14H20BrNS. The summed E-state index contributed by atoms with van der Waals surface area (Å²) < 4.78 is 2.42. The Balaban J connectivity index is 0.000000686. The van der Waals surface area contributed by atoms with Crippen LogP contribution in [0.25, 0.3) is 10.2 Å². The number of benzene rings is 1. The predicted molar refractivity (Wildman–Crippen MR) is 82.1 cm³/mol. The fourth-order valence-corrected chi connectivity index (χ4v) is 3.30. The average molecular weight is 314 g/mol. The van der Waals surface area contributed by atoms with Crippen molar-refractivity contribution in [1.82, 2.24) is 4.98 Å². The maximum absolute atomic E-state index is 4.66. The van der Waals surface area contributed by atoms with Crippen molar-refractivity contribution in [2.75, 3.05) is 0 Å². The Kier molecular flexibility index (Phi) is 5.60. The van der Waals surface area contributed by atoms with Crippen LogP contribution in [0.2, 0.25) is 0 Å². The van der Waals surface area contributed by atoms with E-state index in [-0.39, 0.29) is 0 Å². The highest BCUT2D eigenvalue weighted by atomic mass is 79.9. The van der Waals surface area contributed by atoms with Gasteiger partial charge in [-0.25, -0.2) is 4.98 Å². The molecule has 0 aliphatic heterocycles. The number of aromatic nitrogens is 1. The molecule has 0 amide bonds. The minimum absolute atomic E-state index is 0.513. The van der Waals surface area contributed by atoms with Gasteiger partial charge in [0.15, 0.2) is 0 Å². The third-order valence-corrected chi connectivity index (χ3v) is 4.33. The summed E-state index contributed by atoms with van der Waals surface area (Å²) in [6.45, 7) is 10.6. The fraction of sp³-hybridized carbons (Fsp3) is 0.500. The summed E-state index contributed by atoms with van der Waals surface area (Å²) in [6.07, 6.45) is 1.07. The van der Waals surface area contributed by atoms with Crippen molar-refractivity contribution < 1.29 is 0 Å². The number of halogens is 1. The summed E-state index contributed by atoms with van der Waals surface area (Å²) in [5.74, 6) is 0.513. The number of aryl methyl sites for hydroxylation is 1. The summed E-state index contributed by atoms with van der Waals surface area (Å²) in [5.41, 5.74) is 2.48. The number of nitrogens with zero attached hydrogens (tertiary/aromatic N) is 1. The molecule has 94 valence electrons. The monoisotopic (exact) mass is 313 g/mol. The Hall–Kier alpha value is -0.410. The molecule has 2 rings (SSSR count). The molecule has 0 aliphatic carbocycles. The quantitative estimate of drug-likeness (QED) is 0.685. The largest absolute Gasteiger partial charge is 0.240 e. The molecule has 0 atom stereocenters. The molecule has 0 unspecified atom stereocenters. The highest BCUT2D eigenvalue weighted by Crippen LogP contribution is 2.32. The third kappa shape index (κ3) is 3.29. The van der Waals surface area contributed by atoms with Gasteiger partial charge >= 0.3 is 0 Å². The summed E-state index contributed by atoms with van der Waals surface area (Å²) in [6, 6.07) is 4.43. The van der Waals surface area contributed by atoms with Gasteiger partial charge in [0.1, 0.15) is 0 Å². The van der Waals surface area contributed by atoms with E-state index in [0.29, 0.717) is 5.92 Å². The van der Waals surface area contributed by atoms with Crippen molar-refractivity contribution in [3.8, 4) is 0 Å². The van der Waals surface area contributed by atoms with Crippen LogP contribution in [0.15, 0.2) is 16.6 Å². The van der Waals surface area contributed by atoms with E-state index >= 15 is 0 Å². The zero-order valence-corrected chi connectivity index (χ0v) is 13.6. The highest BCUT2D eigenvalue weighted by molar-refractivity contribution is 9.10. The molecular weight excluding hydrogens is 294 g/mol. The normalized spacial score (nSPS) is 10.5. The van der Waals surface area contributed by atoms with Crippen molar-refractivity contribution >= 4 is 37.5 Å². The lowest BCUT2D eigenvalue weighted by Gasteiger charge is -1.97. The first-order valence-electron chi connectivity index (χ1n) is 6.20. The Morgan fingerprint density at radius 1 is 1.29 bits per heavy atom. The SMILES string of the molecule is CC.CCc1cc(Br)c2nc(C(C)C)sc2c1. The summed E-state index contributed by atoms with van der Waals surface area (Å²) in [5, 5.41) is 1.22. The van der Waals surface area contributed by atoms with Crippen molar-refractivity contribution in [2.24, 2.45) is 0 Å². The molecule has 1 heterocycles. The fourth-order valence-electron chi connectivity index (χ4n) is 1.51. The number of rotatable bonds is 2. The molecule has 0 aliphatic rings. The van der Waals surface area contributed by atoms with Crippen molar-refractivity contribution in [2.45, 2.75) is 47.0 Å². The van der Waals surface area contributed by atoms with Gasteiger partial charge in [-0.3, -0.25) is 0 Å². The number of fused-ring (bicyclic) bond motifs is 1. The van der Waals surface area contributed by atoms with Gasteiger partial charge in [-0.15, -0.1) is 11.3 Å². The maximum Gasteiger partial charge on any atom is 0.0964 e. The zero-order chi connectivity index (χ0) is 13.0. The van der Waals surface area contributed by atoms with Crippen molar-refractivity contribution in [3.63, 3.8) is 0 Å². The minimum atomic E-state index is 0.513. The average Bonchev–Trinajstić information content (AvgIpc) is 2.76. The first kappa shape index (κ1) is 14.7. The van der Waals surface area contributed by atoms with Gasteiger partial charge in [-0.05, 0) is 40.0 Å². The van der Waals surface area contributed by atoms with E-state index in [0.717, 1.165) is 16.4 Å². The van der Waals surface area contributed by atoms with Crippen LogP contribution in [-0.2, 0) is 6.42 Å². The van der Waals surface area contributed by atoms with E-state index in [1.54, 1.807) is 0 Å². The van der Waals surface area contributed by atoms with Gasteiger partial charge in [0.05, 0.1) is 15.2 Å². The van der Waals surface area contributed by atoms with Crippen LogP contribution < -0.4 is 0 Å². The van der Waals surface area contributed by atoms with Crippen molar-refractivity contribution in [3.05, 3.63) is 27.2 Å². The Bertz CT molecular complexity index is 488. The van der Waals surface area contributed by atoms with Crippen LogP contribution in [0.5, 0.6) is 0 Å². The van der Waals surface area contributed by atoms with Gasteiger partial charge in [-0.1, -0.05) is 34.6 Å². The summed E-state index contributed by atoms with van der Waals surface area (Å²) in [4.78, 5) is 4.66. The molecule has 17 heavy (non-hydrogen) atoms. The Morgan fingerprint density at radius 3 is 2.47 bits per heavy atom. The molecule has 0 bridgehead atoms. The number of hydrogen-bond acceptors (Lipinski definition) is 2. The van der Waals surface area contributed by atoms with Gasteiger partial charge in [0.25, 0.3) is 0 Å². The molecule has 0 N–H and O–H groups in total. The van der Waals surface area contributed by atoms with Gasteiger partial charge in [0.2, 0.25) is 0 Å². The van der Waals surface area contributed by atoms with Crippen LogP contribution in [0.1, 0.15) is 51.1 Å². The smallest absolute Gasteiger partial charge is 0.0964 e. The lowest BCUT2D eigenvalue weighted by molar-refractivity contribution is 0.856. The van der Waals surface area contributed by atoms with Crippen LogP contribution in [0.4, 0.5) is 0 Å². The maximum atomic E-state index is 4.66.